The quantitative estimate of drug-likeness (QED) is 0.160. The molecule has 0 aliphatic carbocycles. The summed E-state index contributed by atoms with van der Waals surface area (Å²) in [6, 6.07) is 2.89. The van der Waals surface area contributed by atoms with Gasteiger partial charge in [0.15, 0.2) is 16.6 Å². The van der Waals surface area contributed by atoms with E-state index in [4.69, 9.17) is 0 Å². The molecule has 0 bridgehead atoms. The number of alkyl halides is 2. The summed E-state index contributed by atoms with van der Waals surface area (Å²) in [6.45, 7) is 3.49. The van der Waals surface area contributed by atoms with E-state index in [9.17, 15) is 23.2 Å². The van der Waals surface area contributed by atoms with Crippen molar-refractivity contribution in [1.29, 1.82) is 0 Å². The standard InChI is InChI=1S/C17H19F3N6O3S/c1-17(7-21-8-17)16(27)22-4-5-30-15-12(25-29-26-15)14(24-28)23-9-2-3-11(18)10(6-9)13(19)20/h2-3,6,13,21,28H,4-5,7-8H2,1H3,(H,22,27)(H,23,24). The van der Waals surface area contributed by atoms with Crippen molar-refractivity contribution >= 4 is 29.2 Å². The van der Waals surface area contributed by atoms with Crippen LogP contribution in [0.25, 0.3) is 0 Å². The Labute approximate surface area is 173 Å². The van der Waals surface area contributed by atoms with E-state index in [1.165, 1.54) is 17.8 Å². The summed E-state index contributed by atoms with van der Waals surface area (Å²) in [6.07, 6.45) is -3.02. The molecule has 1 aromatic carbocycles. The summed E-state index contributed by atoms with van der Waals surface area (Å²) in [7, 11) is 0. The van der Waals surface area contributed by atoms with Crippen LogP contribution in [0.4, 0.5) is 18.9 Å². The number of benzene rings is 1. The molecule has 30 heavy (non-hydrogen) atoms. The Bertz CT molecular complexity index is 935. The third-order valence-electron chi connectivity index (χ3n) is 4.45. The molecule has 0 saturated carbocycles. The zero-order valence-electron chi connectivity index (χ0n) is 15.8. The van der Waals surface area contributed by atoms with Gasteiger partial charge in [0, 0.05) is 25.4 Å². The smallest absolute Gasteiger partial charge is 0.266 e. The lowest BCUT2D eigenvalue weighted by Gasteiger charge is -2.37. The average molecular weight is 444 g/mol. The molecule has 9 nitrogen and oxygen atoms in total. The number of carbonyl (C=O) groups excluding carboxylic acids is 1. The highest BCUT2D eigenvalue weighted by Crippen LogP contribution is 2.27. The second-order valence-corrected chi connectivity index (χ2v) is 7.85. The summed E-state index contributed by atoms with van der Waals surface area (Å²) in [4.78, 5) is 16.1. The molecule has 1 saturated heterocycles. The van der Waals surface area contributed by atoms with Crippen molar-refractivity contribution in [3.05, 3.63) is 35.3 Å². The maximum absolute atomic E-state index is 13.4. The van der Waals surface area contributed by atoms with Gasteiger partial charge in [0.2, 0.25) is 5.91 Å². The normalized spacial score (nSPS) is 15.7. The van der Waals surface area contributed by atoms with Gasteiger partial charge in [-0.3, -0.25) is 15.5 Å². The van der Waals surface area contributed by atoms with Crippen molar-refractivity contribution in [2.24, 2.45) is 10.4 Å². The summed E-state index contributed by atoms with van der Waals surface area (Å²) in [5.74, 6) is -0.898. The van der Waals surface area contributed by atoms with Gasteiger partial charge in [0.25, 0.3) is 6.43 Å². The number of hydrogen-bond acceptors (Lipinski definition) is 8. The fraction of sp³-hybridized carbons (Fsp3) is 0.412. The third-order valence-corrected chi connectivity index (χ3v) is 5.40. The molecule has 1 aliphatic heterocycles. The van der Waals surface area contributed by atoms with Gasteiger partial charge in [0.1, 0.15) is 5.82 Å². The minimum Gasteiger partial charge on any atom is -0.355 e. The van der Waals surface area contributed by atoms with Crippen LogP contribution >= 0.6 is 11.8 Å². The number of amidine groups is 1. The molecular weight excluding hydrogens is 425 g/mol. The van der Waals surface area contributed by atoms with Gasteiger partial charge in [-0.05, 0) is 35.4 Å². The zero-order chi connectivity index (χ0) is 21.7. The van der Waals surface area contributed by atoms with Crippen LogP contribution in [-0.2, 0) is 4.79 Å². The molecular formula is C17H19F3N6O3S. The Hall–Kier alpha value is -2.64. The molecule has 0 radical (unpaired) electrons. The van der Waals surface area contributed by atoms with E-state index >= 15 is 0 Å². The molecule has 4 N–H and O–H groups in total. The largest absolute Gasteiger partial charge is 0.355 e. The van der Waals surface area contributed by atoms with Crippen LogP contribution in [0.1, 0.15) is 24.6 Å². The fourth-order valence-electron chi connectivity index (χ4n) is 2.63. The molecule has 3 rings (SSSR count). The molecule has 1 aromatic heterocycles. The summed E-state index contributed by atoms with van der Waals surface area (Å²) in [5.41, 5.74) is 0.603. The van der Waals surface area contributed by atoms with Crippen molar-refractivity contribution < 1.29 is 27.8 Å². The Morgan fingerprint density at radius 1 is 1.43 bits per heavy atom. The van der Waals surface area contributed by atoms with Gasteiger partial charge in [-0.2, -0.15) is 0 Å². The van der Waals surface area contributed by atoms with Crippen molar-refractivity contribution in [1.82, 2.24) is 26.4 Å². The Morgan fingerprint density at radius 2 is 2.20 bits per heavy atom. The van der Waals surface area contributed by atoms with Gasteiger partial charge in [-0.15, -0.1) is 0 Å². The number of amides is 1. The van der Waals surface area contributed by atoms with E-state index in [1.54, 1.807) is 0 Å². The maximum Gasteiger partial charge on any atom is 0.266 e. The lowest BCUT2D eigenvalue weighted by atomic mass is 9.83. The number of aliphatic imine (C=N–C) groups is 1. The Morgan fingerprint density at radius 3 is 2.83 bits per heavy atom. The van der Waals surface area contributed by atoms with Crippen LogP contribution in [0.3, 0.4) is 0 Å². The number of rotatable bonds is 8. The van der Waals surface area contributed by atoms with Gasteiger partial charge in [-0.25, -0.2) is 22.8 Å². The first-order chi connectivity index (χ1) is 14.3. The second-order valence-electron chi connectivity index (χ2n) is 6.77. The fourth-order valence-corrected chi connectivity index (χ4v) is 3.39. The van der Waals surface area contributed by atoms with E-state index in [-0.39, 0.29) is 28.2 Å². The highest BCUT2D eigenvalue weighted by atomic mass is 32.2. The molecule has 0 spiro atoms. The lowest BCUT2D eigenvalue weighted by molar-refractivity contribution is -0.132. The second kappa shape index (κ2) is 9.45. The van der Waals surface area contributed by atoms with Gasteiger partial charge in [-0.1, -0.05) is 11.8 Å². The monoisotopic (exact) mass is 444 g/mol. The van der Waals surface area contributed by atoms with E-state index in [2.05, 4.69) is 30.6 Å². The predicted octanol–water partition coefficient (Wildman–Crippen LogP) is 2.02. The van der Waals surface area contributed by atoms with Crippen LogP contribution < -0.4 is 16.1 Å². The SMILES string of the molecule is CC1(C(=O)NCCSc2nonc2C(=Nc2ccc(F)c(C(F)F)c2)NO)CNC1. The van der Waals surface area contributed by atoms with Crippen LogP contribution in [-0.4, -0.2) is 52.7 Å². The Kier molecular flexibility index (Phi) is 6.95. The average Bonchev–Trinajstić information content (AvgIpc) is 3.16. The number of hydroxylamine groups is 1. The number of hydrogen-bond donors (Lipinski definition) is 4. The van der Waals surface area contributed by atoms with Crippen LogP contribution in [0, 0.1) is 11.2 Å². The number of halogens is 3. The summed E-state index contributed by atoms with van der Waals surface area (Å²) in [5, 5.41) is 22.9. The van der Waals surface area contributed by atoms with E-state index < -0.39 is 23.2 Å². The summed E-state index contributed by atoms with van der Waals surface area (Å²) < 4.78 is 43.9. The van der Waals surface area contributed by atoms with Gasteiger partial charge < -0.3 is 10.6 Å². The highest BCUT2D eigenvalue weighted by molar-refractivity contribution is 7.99. The topological polar surface area (TPSA) is 125 Å². The van der Waals surface area contributed by atoms with E-state index in [0.717, 1.165) is 12.1 Å². The van der Waals surface area contributed by atoms with Crippen LogP contribution in [0.15, 0.2) is 32.8 Å². The van der Waals surface area contributed by atoms with Crippen LogP contribution in [0.2, 0.25) is 0 Å². The minimum absolute atomic E-state index is 0.0307. The Balaban J connectivity index is 1.66. The molecule has 2 heterocycles. The highest BCUT2D eigenvalue weighted by Gasteiger charge is 2.38. The molecule has 2 aromatic rings. The zero-order valence-corrected chi connectivity index (χ0v) is 16.6. The number of nitrogens with zero attached hydrogens (tertiary/aromatic N) is 3. The van der Waals surface area contributed by atoms with E-state index in [1.807, 2.05) is 12.4 Å². The minimum atomic E-state index is -3.02. The number of carbonyl (C=O) groups is 1. The number of aromatic nitrogens is 2. The van der Waals surface area contributed by atoms with Crippen molar-refractivity contribution in [3.8, 4) is 0 Å². The maximum atomic E-state index is 13.4. The molecule has 0 atom stereocenters. The van der Waals surface area contributed by atoms with Crippen LogP contribution in [0.5, 0.6) is 0 Å². The molecule has 1 fully saturated rings. The first-order valence-corrected chi connectivity index (χ1v) is 9.84. The van der Waals surface area contributed by atoms with E-state index in [0.29, 0.717) is 25.4 Å². The number of thioether (sulfide) groups is 1. The molecule has 13 heteroatoms. The first-order valence-electron chi connectivity index (χ1n) is 8.85. The molecule has 0 unspecified atom stereocenters. The summed E-state index contributed by atoms with van der Waals surface area (Å²) >= 11 is 1.19. The van der Waals surface area contributed by atoms with Crippen molar-refractivity contribution in [2.45, 2.75) is 18.4 Å². The first kappa shape index (κ1) is 22.1. The van der Waals surface area contributed by atoms with Crippen molar-refractivity contribution in [2.75, 3.05) is 25.4 Å². The molecule has 1 aliphatic rings. The lowest BCUT2D eigenvalue weighted by Crippen LogP contribution is -2.59. The molecule has 1 amide bonds. The molecule has 162 valence electrons. The van der Waals surface area contributed by atoms with Crippen molar-refractivity contribution in [3.63, 3.8) is 0 Å². The third kappa shape index (κ3) is 4.91. The predicted molar refractivity (Wildman–Crippen MR) is 101 cm³/mol. The van der Waals surface area contributed by atoms with Gasteiger partial charge >= 0.3 is 0 Å². The van der Waals surface area contributed by atoms with Gasteiger partial charge in [0.05, 0.1) is 16.7 Å². The number of nitrogens with one attached hydrogen (secondary N) is 3.